The average molecular weight is 288 g/mol. The van der Waals surface area contributed by atoms with Crippen LogP contribution in [0.4, 0.5) is 0 Å². The first-order valence-corrected chi connectivity index (χ1v) is 7.18. The van der Waals surface area contributed by atoms with Gasteiger partial charge in [-0.05, 0) is 35.0 Å². The van der Waals surface area contributed by atoms with Gasteiger partial charge in [0.05, 0.1) is 13.1 Å². The Labute approximate surface area is 125 Å². The van der Waals surface area contributed by atoms with Gasteiger partial charge in [0, 0.05) is 6.54 Å². The summed E-state index contributed by atoms with van der Waals surface area (Å²) in [5, 5.41) is 12.0. The maximum absolute atomic E-state index is 5.79. The van der Waals surface area contributed by atoms with Crippen molar-refractivity contribution in [2.75, 3.05) is 20.1 Å². The first-order valence-electron chi connectivity index (χ1n) is 7.18. The van der Waals surface area contributed by atoms with Crippen molar-refractivity contribution in [3.8, 4) is 0 Å². The summed E-state index contributed by atoms with van der Waals surface area (Å²) in [5.74, 6) is 0.870. The molecule has 0 aliphatic rings. The second-order valence-electron chi connectivity index (χ2n) is 6.28. The van der Waals surface area contributed by atoms with Crippen LogP contribution in [0.2, 0.25) is 0 Å². The van der Waals surface area contributed by atoms with Gasteiger partial charge in [-0.1, -0.05) is 44.2 Å². The van der Waals surface area contributed by atoms with E-state index in [1.54, 1.807) is 0 Å². The van der Waals surface area contributed by atoms with E-state index < -0.39 is 0 Å². The van der Waals surface area contributed by atoms with E-state index in [2.05, 4.69) is 53.5 Å². The maximum atomic E-state index is 5.79. The van der Waals surface area contributed by atoms with E-state index in [1.807, 2.05) is 22.9 Å². The smallest absolute Gasteiger partial charge is 0.165 e. The molecule has 0 spiro atoms. The molecule has 114 valence electrons. The van der Waals surface area contributed by atoms with Crippen molar-refractivity contribution in [3.63, 3.8) is 0 Å². The Balaban J connectivity index is 2.00. The Morgan fingerprint density at radius 3 is 2.62 bits per heavy atom. The van der Waals surface area contributed by atoms with Gasteiger partial charge in [0.15, 0.2) is 5.82 Å². The highest BCUT2D eigenvalue weighted by Gasteiger charge is 2.19. The standard InChI is InChI=1S/C15H24N6/c1-15(2,11-16)12-20(3)10-14-17-18-19-21(14)9-13-7-5-4-6-8-13/h4-8H,9-12,16H2,1-3H3. The third-order valence-electron chi connectivity index (χ3n) is 3.44. The molecule has 0 amide bonds. The van der Waals surface area contributed by atoms with Crippen LogP contribution in [-0.2, 0) is 13.1 Å². The second kappa shape index (κ2) is 6.78. The van der Waals surface area contributed by atoms with Crippen molar-refractivity contribution in [1.82, 2.24) is 25.1 Å². The third-order valence-corrected chi connectivity index (χ3v) is 3.44. The predicted octanol–water partition coefficient (Wildman–Crippen LogP) is 1.14. The molecule has 0 aliphatic carbocycles. The average Bonchev–Trinajstić information content (AvgIpc) is 2.86. The minimum atomic E-state index is 0.0897. The van der Waals surface area contributed by atoms with E-state index >= 15 is 0 Å². The highest BCUT2D eigenvalue weighted by atomic mass is 15.5. The Morgan fingerprint density at radius 1 is 1.24 bits per heavy atom. The molecular weight excluding hydrogens is 264 g/mol. The van der Waals surface area contributed by atoms with Crippen LogP contribution < -0.4 is 5.73 Å². The zero-order chi connectivity index (χ0) is 15.3. The molecule has 0 fully saturated rings. The van der Waals surface area contributed by atoms with Crippen LogP contribution in [-0.4, -0.2) is 45.2 Å². The molecule has 2 N–H and O–H groups in total. The number of hydrogen-bond donors (Lipinski definition) is 1. The number of tetrazole rings is 1. The van der Waals surface area contributed by atoms with Crippen LogP contribution in [0.1, 0.15) is 25.2 Å². The summed E-state index contributed by atoms with van der Waals surface area (Å²) in [5.41, 5.74) is 7.07. The van der Waals surface area contributed by atoms with Crippen molar-refractivity contribution < 1.29 is 0 Å². The lowest BCUT2D eigenvalue weighted by Crippen LogP contribution is -2.36. The van der Waals surface area contributed by atoms with Crippen molar-refractivity contribution in [1.29, 1.82) is 0 Å². The highest BCUT2D eigenvalue weighted by molar-refractivity contribution is 5.14. The van der Waals surface area contributed by atoms with E-state index in [9.17, 15) is 0 Å². The minimum absolute atomic E-state index is 0.0897. The van der Waals surface area contributed by atoms with Crippen LogP contribution in [0.3, 0.4) is 0 Å². The van der Waals surface area contributed by atoms with E-state index in [-0.39, 0.29) is 5.41 Å². The molecule has 0 atom stereocenters. The van der Waals surface area contributed by atoms with Gasteiger partial charge in [-0.25, -0.2) is 4.68 Å². The van der Waals surface area contributed by atoms with Crippen LogP contribution >= 0.6 is 0 Å². The van der Waals surface area contributed by atoms with Crippen LogP contribution in [0.15, 0.2) is 30.3 Å². The fraction of sp³-hybridized carbons (Fsp3) is 0.533. The molecule has 0 saturated carbocycles. The third kappa shape index (κ3) is 4.61. The summed E-state index contributed by atoms with van der Waals surface area (Å²) in [7, 11) is 2.07. The lowest BCUT2D eigenvalue weighted by Gasteiger charge is -2.28. The fourth-order valence-corrected chi connectivity index (χ4v) is 2.31. The molecule has 2 rings (SSSR count). The van der Waals surface area contributed by atoms with Crippen molar-refractivity contribution in [3.05, 3.63) is 41.7 Å². The monoisotopic (exact) mass is 288 g/mol. The summed E-state index contributed by atoms with van der Waals surface area (Å²) in [4.78, 5) is 2.21. The zero-order valence-corrected chi connectivity index (χ0v) is 13.0. The lowest BCUT2D eigenvalue weighted by molar-refractivity contribution is 0.204. The molecule has 0 saturated heterocycles. The highest BCUT2D eigenvalue weighted by Crippen LogP contribution is 2.15. The molecule has 1 aromatic heterocycles. The molecule has 0 radical (unpaired) electrons. The summed E-state index contributed by atoms with van der Waals surface area (Å²) in [6.07, 6.45) is 0. The van der Waals surface area contributed by atoms with Crippen LogP contribution in [0.5, 0.6) is 0 Å². The van der Waals surface area contributed by atoms with E-state index in [1.165, 1.54) is 5.56 Å². The van der Waals surface area contributed by atoms with Gasteiger partial charge in [-0.15, -0.1) is 5.10 Å². The molecule has 0 unspecified atom stereocenters. The van der Waals surface area contributed by atoms with Crippen LogP contribution in [0.25, 0.3) is 0 Å². The van der Waals surface area contributed by atoms with E-state index in [0.29, 0.717) is 19.6 Å². The molecular formula is C15H24N6. The number of rotatable bonds is 7. The minimum Gasteiger partial charge on any atom is -0.330 e. The first kappa shape index (κ1) is 15.6. The van der Waals surface area contributed by atoms with Gasteiger partial charge >= 0.3 is 0 Å². The molecule has 0 bridgehead atoms. The topological polar surface area (TPSA) is 72.9 Å². The second-order valence-corrected chi connectivity index (χ2v) is 6.28. The van der Waals surface area contributed by atoms with Gasteiger partial charge in [0.25, 0.3) is 0 Å². The molecule has 2 aromatic rings. The maximum Gasteiger partial charge on any atom is 0.165 e. The van der Waals surface area contributed by atoms with Gasteiger partial charge < -0.3 is 5.73 Å². The van der Waals surface area contributed by atoms with Gasteiger partial charge in [0.1, 0.15) is 0 Å². The predicted molar refractivity (Wildman–Crippen MR) is 82.5 cm³/mol. The van der Waals surface area contributed by atoms with Crippen molar-refractivity contribution in [2.24, 2.45) is 11.1 Å². The number of nitrogens with two attached hydrogens (primary N) is 1. The van der Waals surface area contributed by atoms with E-state index in [0.717, 1.165) is 12.4 Å². The SMILES string of the molecule is CN(Cc1nnnn1Cc1ccccc1)CC(C)(C)CN. The molecule has 0 aliphatic heterocycles. The number of nitrogens with zero attached hydrogens (tertiary/aromatic N) is 5. The van der Waals surface area contributed by atoms with E-state index in [4.69, 9.17) is 5.73 Å². The Bertz CT molecular complexity index is 548. The number of benzene rings is 1. The largest absolute Gasteiger partial charge is 0.330 e. The quantitative estimate of drug-likeness (QED) is 0.827. The Hall–Kier alpha value is -1.79. The Morgan fingerprint density at radius 2 is 1.95 bits per heavy atom. The summed E-state index contributed by atoms with van der Waals surface area (Å²) < 4.78 is 1.85. The Kier molecular flexibility index (Phi) is 5.03. The number of hydrogen-bond acceptors (Lipinski definition) is 5. The summed E-state index contributed by atoms with van der Waals surface area (Å²) in [6.45, 7) is 7.29. The molecule has 1 heterocycles. The van der Waals surface area contributed by atoms with Crippen molar-refractivity contribution in [2.45, 2.75) is 26.9 Å². The first-order chi connectivity index (χ1) is 10.00. The molecule has 6 heteroatoms. The fourth-order valence-electron chi connectivity index (χ4n) is 2.31. The van der Waals surface area contributed by atoms with Gasteiger partial charge in [-0.2, -0.15) is 0 Å². The van der Waals surface area contributed by atoms with Gasteiger partial charge in [-0.3, -0.25) is 4.90 Å². The molecule has 1 aromatic carbocycles. The molecule has 21 heavy (non-hydrogen) atoms. The van der Waals surface area contributed by atoms with Gasteiger partial charge in [0.2, 0.25) is 0 Å². The zero-order valence-electron chi connectivity index (χ0n) is 13.0. The normalized spacial score (nSPS) is 12.0. The van der Waals surface area contributed by atoms with Crippen LogP contribution in [0, 0.1) is 5.41 Å². The lowest BCUT2D eigenvalue weighted by atomic mass is 9.93. The summed E-state index contributed by atoms with van der Waals surface area (Å²) in [6, 6.07) is 10.2. The summed E-state index contributed by atoms with van der Waals surface area (Å²) >= 11 is 0. The van der Waals surface area contributed by atoms with Crippen molar-refractivity contribution >= 4 is 0 Å². The number of aromatic nitrogens is 4. The molecule has 6 nitrogen and oxygen atoms in total.